The van der Waals surface area contributed by atoms with Gasteiger partial charge in [0.2, 0.25) is 0 Å². The minimum atomic E-state index is -0.238. The quantitative estimate of drug-likeness (QED) is 0.918. The molecule has 2 aromatic heterocycles. The second-order valence-corrected chi connectivity index (χ2v) is 5.13. The molecule has 1 amide bonds. The molecule has 19 heavy (non-hydrogen) atoms. The van der Waals surface area contributed by atoms with Gasteiger partial charge in [-0.1, -0.05) is 0 Å². The molecule has 2 aromatic rings. The van der Waals surface area contributed by atoms with Crippen molar-refractivity contribution in [2.75, 3.05) is 5.32 Å². The fraction of sp³-hybridized carbons (Fsp3) is 0.429. The first-order valence-electron chi connectivity index (χ1n) is 6.56. The average molecular weight is 259 g/mol. The molecule has 0 bridgehead atoms. The van der Waals surface area contributed by atoms with E-state index < -0.39 is 0 Å². The maximum absolute atomic E-state index is 12.0. The molecule has 0 aliphatic heterocycles. The summed E-state index contributed by atoms with van der Waals surface area (Å²) < 4.78 is 7.01. The molecule has 0 unspecified atom stereocenters. The van der Waals surface area contributed by atoms with E-state index in [4.69, 9.17) is 4.42 Å². The number of aryl methyl sites for hydroxylation is 1. The lowest BCUT2D eigenvalue weighted by Gasteiger charge is -2.15. The number of rotatable bonds is 4. The molecule has 2 heterocycles. The lowest BCUT2D eigenvalue weighted by atomic mass is 10.2. The minimum absolute atomic E-state index is 0.238. The summed E-state index contributed by atoms with van der Waals surface area (Å²) in [5.74, 6) is 1.52. The van der Waals surface area contributed by atoms with E-state index in [1.807, 2.05) is 11.6 Å². The monoisotopic (exact) mass is 259 g/mol. The molecule has 1 fully saturated rings. The Labute approximate surface area is 111 Å². The average Bonchev–Trinajstić information content (AvgIpc) is 2.98. The van der Waals surface area contributed by atoms with Gasteiger partial charge in [0.25, 0.3) is 5.91 Å². The number of hydrogen-bond donors (Lipinski definition) is 1. The lowest BCUT2D eigenvalue weighted by Crippen LogP contribution is -2.18. The summed E-state index contributed by atoms with van der Waals surface area (Å²) in [7, 11) is 0. The number of carbonyl (C=O) groups is 1. The highest BCUT2D eigenvalue weighted by atomic mass is 16.3. The molecule has 1 N–H and O–H groups in total. The number of nitrogens with one attached hydrogen (secondary N) is 1. The Hall–Kier alpha value is -2.04. The van der Waals surface area contributed by atoms with Crippen molar-refractivity contribution in [1.82, 2.24) is 9.78 Å². The summed E-state index contributed by atoms with van der Waals surface area (Å²) in [5.41, 5.74) is 0.965. The van der Waals surface area contributed by atoms with Crippen LogP contribution < -0.4 is 5.32 Å². The van der Waals surface area contributed by atoms with E-state index in [1.54, 1.807) is 18.3 Å². The number of hydrogen-bond acceptors (Lipinski definition) is 3. The van der Waals surface area contributed by atoms with E-state index in [2.05, 4.69) is 17.3 Å². The van der Waals surface area contributed by atoms with Gasteiger partial charge in [-0.15, -0.1) is 0 Å². The molecule has 1 aliphatic rings. The predicted octanol–water partition coefficient (Wildman–Crippen LogP) is 3.01. The molecule has 0 aromatic carbocycles. The SMILES string of the molecule is Cc1cnn([C@@H](C)C2CC2)c1NC(=O)c1ccco1. The normalized spacial score (nSPS) is 16.3. The van der Waals surface area contributed by atoms with Gasteiger partial charge >= 0.3 is 0 Å². The molecule has 1 aliphatic carbocycles. The Balaban J connectivity index is 1.83. The molecule has 0 spiro atoms. The summed E-state index contributed by atoms with van der Waals surface area (Å²) in [6, 6.07) is 3.67. The van der Waals surface area contributed by atoms with Gasteiger partial charge in [-0.3, -0.25) is 4.79 Å². The third-order valence-electron chi connectivity index (χ3n) is 3.65. The molecule has 3 rings (SSSR count). The predicted molar refractivity (Wildman–Crippen MR) is 71.1 cm³/mol. The van der Waals surface area contributed by atoms with Crippen molar-refractivity contribution in [2.45, 2.75) is 32.7 Å². The Morgan fingerprint density at radius 2 is 2.37 bits per heavy atom. The van der Waals surface area contributed by atoms with Gasteiger partial charge in [-0.05, 0) is 44.7 Å². The van der Waals surface area contributed by atoms with Gasteiger partial charge in [0.15, 0.2) is 5.76 Å². The molecular weight excluding hydrogens is 242 g/mol. The van der Waals surface area contributed by atoms with Crippen LogP contribution in [-0.2, 0) is 0 Å². The van der Waals surface area contributed by atoms with Crippen molar-refractivity contribution < 1.29 is 9.21 Å². The number of carbonyl (C=O) groups excluding carboxylic acids is 1. The van der Waals surface area contributed by atoms with Crippen LogP contribution in [0.5, 0.6) is 0 Å². The highest BCUT2D eigenvalue weighted by molar-refractivity contribution is 6.02. The zero-order chi connectivity index (χ0) is 13.4. The molecular formula is C14H17N3O2. The maximum atomic E-state index is 12.0. The fourth-order valence-electron chi connectivity index (χ4n) is 2.27. The van der Waals surface area contributed by atoms with E-state index in [9.17, 15) is 4.79 Å². The van der Waals surface area contributed by atoms with Crippen LogP contribution in [0.1, 0.15) is 41.9 Å². The summed E-state index contributed by atoms with van der Waals surface area (Å²) in [5, 5.41) is 7.28. The first kappa shape index (κ1) is 12.0. The third-order valence-corrected chi connectivity index (χ3v) is 3.65. The molecule has 5 nitrogen and oxygen atoms in total. The number of furan rings is 1. The number of amides is 1. The second-order valence-electron chi connectivity index (χ2n) is 5.13. The Morgan fingerprint density at radius 3 is 3.00 bits per heavy atom. The largest absolute Gasteiger partial charge is 0.459 e. The van der Waals surface area contributed by atoms with Crippen molar-refractivity contribution in [2.24, 2.45) is 5.92 Å². The van der Waals surface area contributed by atoms with Crippen LogP contribution in [0.3, 0.4) is 0 Å². The Morgan fingerprint density at radius 1 is 1.58 bits per heavy atom. The Bertz CT molecular complexity index is 582. The van der Waals surface area contributed by atoms with Gasteiger partial charge in [-0.2, -0.15) is 5.10 Å². The standard InChI is InChI=1S/C14H17N3O2/c1-9-8-15-17(10(2)11-5-6-11)13(9)16-14(18)12-4-3-7-19-12/h3-4,7-8,10-11H,5-6H2,1-2H3,(H,16,18)/t10-/m0/s1. The van der Waals surface area contributed by atoms with Crippen LogP contribution in [-0.4, -0.2) is 15.7 Å². The minimum Gasteiger partial charge on any atom is -0.459 e. The van der Waals surface area contributed by atoms with Crippen LogP contribution in [0.2, 0.25) is 0 Å². The molecule has 1 saturated carbocycles. The molecule has 0 radical (unpaired) electrons. The van der Waals surface area contributed by atoms with Gasteiger partial charge in [0.1, 0.15) is 5.82 Å². The van der Waals surface area contributed by atoms with E-state index in [0.29, 0.717) is 17.7 Å². The molecule has 100 valence electrons. The van der Waals surface area contributed by atoms with Crippen LogP contribution in [0.15, 0.2) is 29.0 Å². The summed E-state index contributed by atoms with van der Waals surface area (Å²) in [6.45, 7) is 4.09. The summed E-state index contributed by atoms with van der Waals surface area (Å²) >= 11 is 0. The second kappa shape index (κ2) is 4.57. The van der Waals surface area contributed by atoms with Gasteiger partial charge < -0.3 is 9.73 Å². The zero-order valence-electron chi connectivity index (χ0n) is 11.1. The lowest BCUT2D eigenvalue weighted by molar-refractivity contribution is 0.0995. The van der Waals surface area contributed by atoms with E-state index in [-0.39, 0.29) is 5.91 Å². The van der Waals surface area contributed by atoms with Crippen molar-refractivity contribution >= 4 is 11.7 Å². The number of nitrogens with zero attached hydrogens (tertiary/aromatic N) is 2. The highest BCUT2D eigenvalue weighted by Crippen LogP contribution is 2.40. The first-order chi connectivity index (χ1) is 9.16. The van der Waals surface area contributed by atoms with Crippen molar-refractivity contribution in [3.8, 4) is 0 Å². The van der Waals surface area contributed by atoms with Crippen LogP contribution >= 0.6 is 0 Å². The van der Waals surface area contributed by atoms with Gasteiger partial charge in [0.05, 0.1) is 18.5 Å². The molecule has 1 atom stereocenters. The smallest absolute Gasteiger partial charge is 0.292 e. The van der Waals surface area contributed by atoms with E-state index >= 15 is 0 Å². The molecule has 5 heteroatoms. The van der Waals surface area contributed by atoms with Crippen LogP contribution in [0.4, 0.5) is 5.82 Å². The van der Waals surface area contributed by atoms with Crippen LogP contribution in [0, 0.1) is 12.8 Å². The fourth-order valence-corrected chi connectivity index (χ4v) is 2.27. The van der Waals surface area contributed by atoms with Crippen molar-refractivity contribution in [3.63, 3.8) is 0 Å². The van der Waals surface area contributed by atoms with Gasteiger partial charge in [0, 0.05) is 5.56 Å². The summed E-state index contributed by atoms with van der Waals surface area (Å²) in [4.78, 5) is 12.0. The third kappa shape index (κ3) is 2.28. The van der Waals surface area contributed by atoms with Gasteiger partial charge in [-0.25, -0.2) is 4.68 Å². The highest BCUT2D eigenvalue weighted by Gasteiger charge is 2.31. The topological polar surface area (TPSA) is 60.1 Å². The van der Waals surface area contributed by atoms with Crippen LogP contribution in [0.25, 0.3) is 0 Å². The zero-order valence-corrected chi connectivity index (χ0v) is 11.1. The molecule has 0 saturated heterocycles. The number of anilines is 1. The van der Waals surface area contributed by atoms with Crippen molar-refractivity contribution in [3.05, 3.63) is 35.9 Å². The van der Waals surface area contributed by atoms with E-state index in [0.717, 1.165) is 11.4 Å². The van der Waals surface area contributed by atoms with Crippen molar-refractivity contribution in [1.29, 1.82) is 0 Å². The maximum Gasteiger partial charge on any atom is 0.292 e. The van der Waals surface area contributed by atoms with E-state index in [1.165, 1.54) is 19.1 Å². The Kier molecular flexibility index (Phi) is 2.89. The number of aromatic nitrogens is 2. The first-order valence-corrected chi connectivity index (χ1v) is 6.56. The summed E-state index contributed by atoms with van der Waals surface area (Å²) in [6.07, 6.45) is 5.76.